The van der Waals surface area contributed by atoms with E-state index in [1.54, 1.807) is 19.2 Å². The summed E-state index contributed by atoms with van der Waals surface area (Å²) in [5, 5.41) is 6.75. The first kappa shape index (κ1) is 23.9. The van der Waals surface area contributed by atoms with E-state index in [-0.39, 0.29) is 23.2 Å². The molecule has 1 aliphatic carbocycles. The maximum Gasteiger partial charge on any atom is 0.328 e. The number of para-hydroxylation sites is 1. The van der Waals surface area contributed by atoms with Crippen LogP contribution < -0.4 is 5.32 Å². The fourth-order valence-corrected chi connectivity index (χ4v) is 5.49. The summed E-state index contributed by atoms with van der Waals surface area (Å²) in [6, 6.07) is 8.04. The normalized spacial score (nSPS) is 15.0. The molecule has 1 aliphatic rings. The number of nitrogens with one attached hydrogen (secondary N) is 1. The summed E-state index contributed by atoms with van der Waals surface area (Å²) < 4.78 is 34.4. The Morgan fingerprint density at radius 3 is 2.53 bits per heavy atom. The van der Waals surface area contributed by atoms with Crippen molar-refractivity contribution in [2.24, 2.45) is 0 Å². The van der Waals surface area contributed by atoms with E-state index in [9.17, 15) is 18.0 Å². The molecule has 1 fully saturated rings. The average molecular weight is 463 g/mol. The summed E-state index contributed by atoms with van der Waals surface area (Å²) in [6.07, 6.45) is 4.79. The van der Waals surface area contributed by atoms with Crippen LogP contribution in [0.1, 0.15) is 43.5 Å². The van der Waals surface area contributed by atoms with Crippen molar-refractivity contribution in [2.45, 2.75) is 63.4 Å². The largest absolute Gasteiger partial charge is 0.454 e. The standard InChI is InChI=1S/C22H30N4O5S/c1-16-13-17(2)26(24-16)14-22(28)31-15-21(27)23-19-11-7-8-12-20(19)32(29,30)25(3)18-9-5-4-6-10-18/h7-8,11-13,18H,4-6,9-10,14-15H2,1-3H3,(H,23,27). The van der Waals surface area contributed by atoms with Crippen LogP contribution in [0, 0.1) is 13.8 Å². The summed E-state index contributed by atoms with van der Waals surface area (Å²) in [4.78, 5) is 24.5. The number of sulfonamides is 1. The lowest BCUT2D eigenvalue weighted by Crippen LogP contribution is -2.38. The van der Waals surface area contributed by atoms with E-state index in [4.69, 9.17) is 4.74 Å². The average Bonchev–Trinajstić information content (AvgIpc) is 3.09. The van der Waals surface area contributed by atoms with Gasteiger partial charge in [-0.1, -0.05) is 31.4 Å². The molecule has 0 radical (unpaired) electrons. The fraction of sp³-hybridized carbons (Fsp3) is 0.500. The van der Waals surface area contributed by atoms with Crippen LogP contribution in [0.5, 0.6) is 0 Å². The zero-order valence-corrected chi connectivity index (χ0v) is 19.5. The summed E-state index contributed by atoms with van der Waals surface area (Å²) in [5.41, 5.74) is 1.75. The summed E-state index contributed by atoms with van der Waals surface area (Å²) in [7, 11) is -2.20. The monoisotopic (exact) mass is 462 g/mol. The molecule has 0 unspecified atom stereocenters. The van der Waals surface area contributed by atoms with Crippen molar-refractivity contribution in [1.29, 1.82) is 0 Å². The van der Waals surface area contributed by atoms with Gasteiger partial charge < -0.3 is 10.1 Å². The zero-order valence-electron chi connectivity index (χ0n) is 18.7. The molecule has 1 N–H and O–H groups in total. The molecule has 174 valence electrons. The second-order valence-corrected chi connectivity index (χ2v) is 10.1. The number of anilines is 1. The lowest BCUT2D eigenvalue weighted by molar-refractivity contribution is -0.148. The number of ether oxygens (including phenoxy) is 1. The van der Waals surface area contributed by atoms with E-state index in [1.165, 1.54) is 21.1 Å². The molecular formula is C22H30N4O5S. The zero-order chi connectivity index (χ0) is 23.3. The van der Waals surface area contributed by atoms with Gasteiger partial charge in [-0.15, -0.1) is 0 Å². The Labute approximate surface area is 188 Å². The van der Waals surface area contributed by atoms with Gasteiger partial charge in [0.15, 0.2) is 6.61 Å². The van der Waals surface area contributed by atoms with E-state index in [2.05, 4.69) is 10.4 Å². The van der Waals surface area contributed by atoms with Gasteiger partial charge in [-0.25, -0.2) is 8.42 Å². The third-order valence-corrected chi connectivity index (χ3v) is 7.62. The lowest BCUT2D eigenvalue weighted by Gasteiger charge is -2.30. The third-order valence-electron chi connectivity index (χ3n) is 5.65. The highest BCUT2D eigenvalue weighted by Crippen LogP contribution is 2.29. The van der Waals surface area contributed by atoms with Crippen LogP contribution in [0.2, 0.25) is 0 Å². The van der Waals surface area contributed by atoms with Crippen molar-refractivity contribution in [3.05, 3.63) is 41.7 Å². The van der Waals surface area contributed by atoms with E-state index >= 15 is 0 Å². The number of esters is 1. The summed E-state index contributed by atoms with van der Waals surface area (Å²) in [6.45, 7) is 3.01. The van der Waals surface area contributed by atoms with E-state index in [0.29, 0.717) is 0 Å². The number of aromatic nitrogens is 2. The Morgan fingerprint density at radius 1 is 1.19 bits per heavy atom. The maximum atomic E-state index is 13.2. The van der Waals surface area contributed by atoms with Gasteiger partial charge in [-0.3, -0.25) is 14.3 Å². The Balaban J connectivity index is 1.63. The van der Waals surface area contributed by atoms with Gasteiger partial charge in [0, 0.05) is 18.8 Å². The number of hydrogen-bond donors (Lipinski definition) is 1. The molecule has 0 saturated heterocycles. The number of benzene rings is 1. The van der Waals surface area contributed by atoms with Crippen LogP contribution in [-0.2, 0) is 30.9 Å². The minimum absolute atomic E-state index is 0.0235. The first-order valence-corrected chi connectivity index (χ1v) is 12.2. The van der Waals surface area contributed by atoms with Gasteiger partial charge in [-0.2, -0.15) is 9.40 Å². The van der Waals surface area contributed by atoms with E-state index in [0.717, 1.165) is 43.5 Å². The molecule has 1 aromatic carbocycles. The molecule has 0 aliphatic heterocycles. The van der Waals surface area contributed by atoms with Crippen LogP contribution in [0.4, 0.5) is 5.69 Å². The van der Waals surface area contributed by atoms with Gasteiger partial charge in [0.1, 0.15) is 11.4 Å². The molecule has 32 heavy (non-hydrogen) atoms. The highest BCUT2D eigenvalue weighted by atomic mass is 32.2. The number of aryl methyl sites for hydroxylation is 2. The lowest BCUT2D eigenvalue weighted by atomic mass is 9.96. The minimum atomic E-state index is -3.79. The van der Waals surface area contributed by atoms with Crippen LogP contribution >= 0.6 is 0 Å². The molecule has 1 amide bonds. The predicted molar refractivity (Wildman–Crippen MR) is 120 cm³/mol. The molecule has 3 rings (SSSR count). The predicted octanol–water partition coefficient (Wildman–Crippen LogP) is 2.64. The molecule has 2 aromatic rings. The highest BCUT2D eigenvalue weighted by Gasteiger charge is 2.31. The van der Waals surface area contributed by atoms with Crippen molar-refractivity contribution in [1.82, 2.24) is 14.1 Å². The number of carbonyl (C=O) groups excluding carboxylic acids is 2. The van der Waals surface area contributed by atoms with Crippen LogP contribution in [0.25, 0.3) is 0 Å². The number of amides is 1. The second-order valence-electron chi connectivity index (χ2n) is 8.10. The first-order valence-electron chi connectivity index (χ1n) is 10.7. The van der Waals surface area contributed by atoms with Crippen LogP contribution in [0.3, 0.4) is 0 Å². The molecule has 0 atom stereocenters. The van der Waals surface area contributed by atoms with Crippen LogP contribution in [0.15, 0.2) is 35.2 Å². The van der Waals surface area contributed by atoms with Gasteiger partial charge in [0.2, 0.25) is 10.0 Å². The Bertz CT molecular complexity index is 1070. The highest BCUT2D eigenvalue weighted by molar-refractivity contribution is 7.89. The SMILES string of the molecule is Cc1cc(C)n(CC(=O)OCC(=O)Nc2ccccc2S(=O)(=O)N(C)C2CCCCC2)n1. The first-order chi connectivity index (χ1) is 15.2. The van der Waals surface area contributed by atoms with Gasteiger partial charge in [0.05, 0.1) is 11.4 Å². The smallest absolute Gasteiger partial charge is 0.328 e. The van der Waals surface area contributed by atoms with Crippen molar-refractivity contribution >= 4 is 27.6 Å². The number of hydrogen-bond acceptors (Lipinski definition) is 6. The number of carbonyl (C=O) groups is 2. The molecule has 9 nitrogen and oxygen atoms in total. The van der Waals surface area contributed by atoms with Crippen molar-refractivity contribution < 1.29 is 22.7 Å². The van der Waals surface area contributed by atoms with Gasteiger partial charge >= 0.3 is 5.97 Å². The van der Waals surface area contributed by atoms with E-state index < -0.39 is 28.5 Å². The quantitative estimate of drug-likeness (QED) is 0.604. The van der Waals surface area contributed by atoms with Crippen molar-refractivity contribution in [2.75, 3.05) is 19.0 Å². The summed E-state index contributed by atoms with van der Waals surface area (Å²) >= 11 is 0. The molecule has 0 bridgehead atoms. The molecule has 0 spiro atoms. The molecular weight excluding hydrogens is 432 g/mol. The van der Waals surface area contributed by atoms with Crippen LogP contribution in [-0.4, -0.2) is 54.1 Å². The Hall–Kier alpha value is -2.72. The van der Waals surface area contributed by atoms with Crippen molar-refractivity contribution in [3.8, 4) is 0 Å². The molecule has 1 aromatic heterocycles. The molecule has 1 saturated carbocycles. The number of rotatable bonds is 8. The maximum absolute atomic E-state index is 13.2. The minimum Gasteiger partial charge on any atom is -0.454 e. The fourth-order valence-electron chi connectivity index (χ4n) is 3.93. The van der Waals surface area contributed by atoms with Gasteiger partial charge in [-0.05, 0) is 44.9 Å². The third kappa shape index (κ3) is 5.74. The van der Waals surface area contributed by atoms with Crippen molar-refractivity contribution in [3.63, 3.8) is 0 Å². The second kappa shape index (κ2) is 10.3. The Morgan fingerprint density at radius 2 is 1.88 bits per heavy atom. The Kier molecular flexibility index (Phi) is 7.68. The number of nitrogens with zero attached hydrogens (tertiary/aromatic N) is 3. The molecule has 1 heterocycles. The topological polar surface area (TPSA) is 111 Å². The van der Waals surface area contributed by atoms with Gasteiger partial charge in [0.25, 0.3) is 5.91 Å². The van der Waals surface area contributed by atoms with E-state index in [1.807, 2.05) is 19.9 Å². The summed E-state index contributed by atoms with van der Waals surface area (Å²) in [5.74, 6) is -1.22. The molecule has 10 heteroatoms.